The lowest BCUT2D eigenvalue weighted by atomic mass is 9.91. The molecule has 0 amide bonds. The number of aromatic nitrogens is 1. The number of benzene rings is 2. The number of rotatable bonds is 9. The van der Waals surface area contributed by atoms with Gasteiger partial charge in [0.15, 0.2) is 0 Å². The van der Waals surface area contributed by atoms with E-state index < -0.39 is 0 Å². The lowest BCUT2D eigenvalue weighted by molar-refractivity contribution is -0.110. The van der Waals surface area contributed by atoms with Crippen molar-refractivity contribution in [2.75, 3.05) is 71.4 Å². The average molecular weight is 536 g/mol. The highest BCUT2D eigenvalue weighted by Gasteiger charge is 2.34. The molecule has 0 unspecified atom stereocenters. The third-order valence-corrected chi connectivity index (χ3v) is 9.27. The van der Waals surface area contributed by atoms with Crippen LogP contribution in [0.2, 0.25) is 0 Å². The number of piperidine rings is 1. The van der Waals surface area contributed by atoms with Crippen LogP contribution < -0.4 is 15.0 Å². The first-order valence-electron chi connectivity index (χ1n) is 14.2. The molecule has 3 fully saturated rings. The topological polar surface area (TPSA) is 53.1 Å². The second-order valence-corrected chi connectivity index (χ2v) is 12.2. The number of piperazine rings is 1. The fourth-order valence-electron chi connectivity index (χ4n) is 5.68. The van der Waals surface area contributed by atoms with Crippen molar-refractivity contribution in [3.05, 3.63) is 42.5 Å². The molecule has 7 nitrogen and oxygen atoms in total. The van der Waals surface area contributed by atoms with Crippen molar-refractivity contribution in [1.82, 2.24) is 20.1 Å². The van der Waals surface area contributed by atoms with E-state index in [2.05, 4.69) is 76.6 Å². The summed E-state index contributed by atoms with van der Waals surface area (Å²) in [6.45, 7) is 9.38. The molecule has 8 heteroatoms. The molecule has 2 aliphatic heterocycles. The summed E-state index contributed by atoms with van der Waals surface area (Å²) >= 11 is 1.73. The van der Waals surface area contributed by atoms with E-state index in [4.69, 9.17) is 14.5 Å². The third kappa shape index (κ3) is 6.32. The van der Waals surface area contributed by atoms with Gasteiger partial charge in [-0.05, 0) is 55.3 Å². The number of ether oxygens (including phenoxy) is 2. The molecule has 204 valence electrons. The molecule has 0 bridgehead atoms. The van der Waals surface area contributed by atoms with E-state index >= 15 is 0 Å². The Morgan fingerprint density at radius 1 is 0.895 bits per heavy atom. The number of anilines is 1. The van der Waals surface area contributed by atoms with Crippen LogP contribution in [0, 0.1) is 0 Å². The molecular formula is C30H41N5O2S. The van der Waals surface area contributed by atoms with Crippen molar-refractivity contribution in [3.8, 4) is 16.3 Å². The molecule has 6 rings (SSSR count). The first-order chi connectivity index (χ1) is 18.6. The Bertz CT molecular complexity index is 1180. The number of likely N-dealkylation sites (tertiary alicyclic amines) is 1. The molecule has 1 N–H and O–H groups in total. The van der Waals surface area contributed by atoms with Gasteiger partial charge in [0.25, 0.3) is 0 Å². The molecule has 38 heavy (non-hydrogen) atoms. The van der Waals surface area contributed by atoms with Gasteiger partial charge in [0.2, 0.25) is 0 Å². The molecule has 0 atom stereocenters. The number of hydrogen-bond acceptors (Lipinski definition) is 8. The maximum absolute atomic E-state index is 6.45. The van der Waals surface area contributed by atoms with E-state index in [1.165, 1.54) is 49.7 Å². The second-order valence-electron chi connectivity index (χ2n) is 11.2. The summed E-state index contributed by atoms with van der Waals surface area (Å²) in [6.07, 6.45) is 5.32. The minimum Gasteiger partial charge on any atom is -0.490 e. The Morgan fingerprint density at radius 3 is 2.32 bits per heavy atom. The van der Waals surface area contributed by atoms with Crippen LogP contribution in [0.25, 0.3) is 20.8 Å². The minimum absolute atomic E-state index is 0.252. The van der Waals surface area contributed by atoms with Gasteiger partial charge in [0, 0.05) is 90.5 Å². The smallest absolute Gasteiger partial charge is 0.124 e. The first kappa shape index (κ1) is 26.0. The van der Waals surface area contributed by atoms with Crippen molar-refractivity contribution >= 4 is 27.2 Å². The summed E-state index contributed by atoms with van der Waals surface area (Å²) in [6, 6.07) is 14.9. The highest BCUT2D eigenvalue weighted by atomic mass is 32.1. The zero-order valence-corrected chi connectivity index (χ0v) is 23.6. The number of hydrogen-bond donors (Lipinski definition) is 1. The van der Waals surface area contributed by atoms with Gasteiger partial charge >= 0.3 is 0 Å². The van der Waals surface area contributed by atoms with Gasteiger partial charge in [-0.3, -0.25) is 4.90 Å². The molecule has 3 aromatic rings. The van der Waals surface area contributed by atoms with E-state index in [0.717, 1.165) is 60.6 Å². The van der Waals surface area contributed by atoms with E-state index in [1.807, 2.05) is 0 Å². The van der Waals surface area contributed by atoms with Crippen LogP contribution in [0.1, 0.15) is 25.7 Å². The van der Waals surface area contributed by atoms with Crippen molar-refractivity contribution in [2.45, 2.75) is 44.0 Å². The summed E-state index contributed by atoms with van der Waals surface area (Å²) in [4.78, 5) is 12.2. The average Bonchev–Trinajstić information content (AvgIpc) is 3.35. The standard InChI is InChI=1S/C30H41N5O2S/c1-33(2)23-5-3-22(4-6-23)30-32-28-8-7-25(21-29(28)38-30)37-27-19-26(20-27)36-24-9-13-34(14-10-24)17-18-35-15-11-31-12-16-35/h3-8,21,24,26-27,31H,9-20H2,1-2H3. The minimum atomic E-state index is 0.252. The zero-order chi connectivity index (χ0) is 25.9. The predicted molar refractivity (Wildman–Crippen MR) is 157 cm³/mol. The number of nitrogens with zero attached hydrogens (tertiary/aromatic N) is 4. The van der Waals surface area contributed by atoms with Gasteiger partial charge in [-0.25, -0.2) is 4.98 Å². The Morgan fingerprint density at radius 2 is 1.61 bits per heavy atom. The lowest BCUT2D eigenvalue weighted by Crippen LogP contribution is -2.48. The Labute approximate surface area is 230 Å². The Balaban J connectivity index is 0.934. The van der Waals surface area contributed by atoms with Gasteiger partial charge in [-0.15, -0.1) is 11.3 Å². The molecule has 3 aliphatic rings. The number of thiazole rings is 1. The quantitative estimate of drug-likeness (QED) is 0.438. The SMILES string of the molecule is CN(C)c1ccc(-c2nc3ccc(OC4CC(OC5CCN(CCN6CCNCC6)CC5)C4)cc3s2)cc1. The van der Waals surface area contributed by atoms with Gasteiger partial charge in [-0.1, -0.05) is 0 Å². The molecule has 1 saturated carbocycles. The zero-order valence-electron chi connectivity index (χ0n) is 22.8. The van der Waals surface area contributed by atoms with Crippen LogP contribution >= 0.6 is 11.3 Å². The summed E-state index contributed by atoms with van der Waals surface area (Å²) in [7, 11) is 4.12. The molecule has 1 aliphatic carbocycles. The normalized spacial score (nSPS) is 23.4. The van der Waals surface area contributed by atoms with E-state index in [1.54, 1.807) is 11.3 Å². The maximum atomic E-state index is 6.45. The van der Waals surface area contributed by atoms with Crippen LogP contribution in [-0.2, 0) is 4.74 Å². The van der Waals surface area contributed by atoms with Gasteiger partial charge < -0.3 is 24.6 Å². The van der Waals surface area contributed by atoms with Crippen molar-refractivity contribution in [1.29, 1.82) is 0 Å². The van der Waals surface area contributed by atoms with Crippen molar-refractivity contribution in [2.24, 2.45) is 0 Å². The second kappa shape index (κ2) is 11.9. The lowest BCUT2D eigenvalue weighted by Gasteiger charge is -2.40. The summed E-state index contributed by atoms with van der Waals surface area (Å²) in [5, 5.41) is 4.49. The summed E-state index contributed by atoms with van der Waals surface area (Å²) in [5.74, 6) is 0.942. The van der Waals surface area contributed by atoms with Crippen molar-refractivity contribution < 1.29 is 9.47 Å². The van der Waals surface area contributed by atoms with Crippen LogP contribution in [0.4, 0.5) is 5.69 Å². The van der Waals surface area contributed by atoms with E-state index in [0.29, 0.717) is 12.2 Å². The number of nitrogens with one attached hydrogen (secondary N) is 1. The third-order valence-electron chi connectivity index (χ3n) is 8.21. The predicted octanol–water partition coefficient (Wildman–Crippen LogP) is 4.33. The molecule has 2 aromatic carbocycles. The largest absolute Gasteiger partial charge is 0.490 e. The first-order valence-corrected chi connectivity index (χ1v) is 15.1. The molecular weight excluding hydrogens is 494 g/mol. The molecule has 0 spiro atoms. The van der Waals surface area contributed by atoms with Gasteiger partial charge in [-0.2, -0.15) is 0 Å². The molecule has 2 saturated heterocycles. The Hall–Kier alpha value is -2.23. The van der Waals surface area contributed by atoms with Crippen molar-refractivity contribution in [3.63, 3.8) is 0 Å². The molecule has 0 radical (unpaired) electrons. The van der Waals surface area contributed by atoms with Crippen LogP contribution in [0.3, 0.4) is 0 Å². The molecule has 1 aromatic heterocycles. The van der Waals surface area contributed by atoms with Crippen LogP contribution in [-0.4, -0.2) is 99.5 Å². The van der Waals surface area contributed by atoms with E-state index in [-0.39, 0.29) is 6.10 Å². The van der Waals surface area contributed by atoms with Crippen LogP contribution in [0.5, 0.6) is 5.75 Å². The van der Waals surface area contributed by atoms with E-state index in [9.17, 15) is 0 Å². The maximum Gasteiger partial charge on any atom is 0.124 e. The highest BCUT2D eigenvalue weighted by molar-refractivity contribution is 7.21. The monoisotopic (exact) mass is 535 g/mol. The summed E-state index contributed by atoms with van der Waals surface area (Å²) < 4.78 is 13.9. The fraction of sp³-hybridized carbons (Fsp3) is 0.567. The Kier molecular flexibility index (Phi) is 8.13. The van der Waals surface area contributed by atoms with Crippen LogP contribution in [0.15, 0.2) is 42.5 Å². The summed E-state index contributed by atoms with van der Waals surface area (Å²) in [5.41, 5.74) is 3.38. The van der Waals surface area contributed by atoms with Gasteiger partial charge in [0.05, 0.1) is 22.4 Å². The van der Waals surface area contributed by atoms with Gasteiger partial charge in [0.1, 0.15) is 16.9 Å². The fourth-order valence-corrected chi connectivity index (χ4v) is 6.68. The molecule has 3 heterocycles. The number of fused-ring (bicyclic) bond motifs is 1. The highest BCUT2D eigenvalue weighted by Crippen LogP contribution is 2.35.